The van der Waals surface area contributed by atoms with Crippen molar-refractivity contribution in [2.24, 2.45) is 0 Å². The van der Waals surface area contributed by atoms with Crippen LogP contribution in [-0.4, -0.2) is 60.5 Å². The molecule has 1 fully saturated rings. The second kappa shape index (κ2) is 8.94. The van der Waals surface area contributed by atoms with Gasteiger partial charge in [0.15, 0.2) is 0 Å². The Morgan fingerprint density at radius 1 is 1.22 bits per heavy atom. The van der Waals surface area contributed by atoms with Crippen molar-refractivity contribution in [3.05, 3.63) is 56.8 Å². The number of anilines is 1. The van der Waals surface area contributed by atoms with Crippen LogP contribution in [0.25, 0.3) is 0 Å². The smallest absolute Gasteiger partial charge is 0.319 e. The lowest BCUT2D eigenvalue weighted by Gasteiger charge is -2.37. The van der Waals surface area contributed by atoms with Crippen molar-refractivity contribution in [3.8, 4) is 0 Å². The van der Waals surface area contributed by atoms with Crippen molar-refractivity contribution in [3.63, 3.8) is 0 Å². The predicted octanol–water partition coefficient (Wildman–Crippen LogP) is 2.77. The van der Waals surface area contributed by atoms with Gasteiger partial charge >= 0.3 is 6.03 Å². The Hall–Kier alpha value is -2.49. The summed E-state index contributed by atoms with van der Waals surface area (Å²) >= 11 is 1.67. The number of amides is 2. The Morgan fingerprint density at radius 3 is 2.63 bits per heavy atom. The summed E-state index contributed by atoms with van der Waals surface area (Å²) in [5.41, 5.74) is 0.0637. The van der Waals surface area contributed by atoms with Gasteiger partial charge in [-0.3, -0.25) is 15.0 Å². The number of piperazine rings is 1. The van der Waals surface area contributed by atoms with Crippen molar-refractivity contribution < 1.29 is 9.72 Å². The Kier molecular flexibility index (Phi) is 6.38. The summed E-state index contributed by atoms with van der Waals surface area (Å²) in [7, 11) is 2.11. The van der Waals surface area contributed by atoms with Crippen LogP contribution in [0, 0.1) is 10.1 Å². The molecule has 2 aromatic rings. The lowest BCUT2D eigenvalue weighted by atomic mass is 10.1. The zero-order chi connectivity index (χ0) is 19.2. The largest absolute Gasteiger partial charge is 0.336 e. The number of nitro benzene ring substituents is 1. The molecule has 0 spiro atoms. The van der Waals surface area contributed by atoms with E-state index in [0.29, 0.717) is 6.54 Å². The maximum atomic E-state index is 12.3. The first-order valence-electron chi connectivity index (χ1n) is 8.79. The highest BCUT2D eigenvalue weighted by Crippen LogP contribution is 2.26. The average Bonchev–Trinajstić information content (AvgIpc) is 3.18. The molecule has 3 rings (SSSR count). The Labute approximate surface area is 161 Å². The minimum Gasteiger partial charge on any atom is -0.336 e. The van der Waals surface area contributed by atoms with Gasteiger partial charge in [-0.15, -0.1) is 11.3 Å². The Bertz CT molecular complexity index is 775. The zero-order valence-electron chi connectivity index (χ0n) is 15.1. The van der Waals surface area contributed by atoms with Crippen molar-refractivity contribution >= 4 is 28.7 Å². The van der Waals surface area contributed by atoms with Gasteiger partial charge < -0.3 is 15.5 Å². The number of nitrogens with one attached hydrogen (secondary N) is 2. The molecule has 0 aliphatic carbocycles. The van der Waals surface area contributed by atoms with Crippen molar-refractivity contribution in [1.82, 2.24) is 15.1 Å². The van der Waals surface area contributed by atoms with Crippen LogP contribution < -0.4 is 10.6 Å². The number of carbonyl (C=O) groups excluding carboxylic acids is 1. The third-order valence-corrected chi connectivity index (χ3v) is 5.63. The van der Waals surface area contributed by atoms with Crippen LogP contribution in [0.4, 0.5) is 16.2 Å². The quantitative estimate of drug-likeness (QED) is 0.586. The van der Waals surface area contributed by atoms with E-state index in [1.807, 2.05) is 11.4 Å². The third kappa shape index (κ3) is 5.03. The van der Waals surface area contributed by atoms with Gasteiger partial charge in [-0.1, -0.05) is 18.2 Å². The molecule has 1 aliphatic heterocycles. The maximum absolute atomic E-state index is 12.3. The highest BCUT2D eigenvalue weighted by molar-refractivity contribution is 7.10. The van der Waals surface area contributed by atoms with E-state index in [1.165, 1.54) is 17.0 Å². The van der Waals surface area contributed by atoms with Gasteiger partial charge in [0.25, 0.3) is 5.69 Å². The molecule has 1 aromatic carbocycles. The summed E-state index contributed by atoms with van der Waals surface area (Å²) < 4.78 is 0. The minimum atomic E-state index is -0.506. The van der Waals surface area contributed by atoms with Gasteiger partial charge in [-0.25, -0.2) is 4.79 Å². The Morgan fingerprint density at radius 2 is 1.96 bits per heavy atom. The van der Waals surface area contributed by atoms with Crippen LogP contribution in [0.5, 0.6) is 0 Å². The number of nitrogens with zero attached hydrogens (tertiary/aromatic N) is 3. The lowest BCUT2D eigenvalue weighted by molar-refractivity contribution is -0.383. The van der Waals surface area contributed by atoms with Crippen molar-refractivity contribution in [1.29, 1.82) is 0 Å². The van der Waals surface area contributed by atoms with Gasteiger partial charge in [0.05, 0.1) is 11.0 Å². The molecule has 0 radical (unpaired) electrons. The van der Waals surface area contributed by atoms with Crippen LogP contribution in [0.3, 0.4) is 0 Å². The molecule has 9 heteroatoms. The molecule has 8 nitrogen and oxygen atoms in total. The number of likely N-dealkylation sites (N-methyl/N-ethyl adjacent to an activating group) is 1. The SMILES string of the molecule is CN1CCN([C@@H](CNC(=O)Nc2ccccc2[N+](=O)[O-])c2cccs2)CC1. The fraction of sp³-hybridized carbons (Fsp3) is 0.389. The highest BCUT2D eigenvalue weighted by atomic mass is 32.1. The maximum Gasteiger partial charge on any atom is 0.319 e. The number of hydrogen-bond acceptors (Lipinski definition) is 6. The summed E-state index contributed by atoms with van der Waals surface area (Å²) in [6.45, 7) is 4.30. The second-order valence-electron chi connectivity index (χ2n) is 6.48. The first kappa shape index (κ1) is 19.3. The van der Waals surface area contributed by atoms with Crippen molar-refractivity contribution in [2.75, 3.05) is 45.1 Å². The Balaban J connectivity index is 1.63. The van der Waals surface area contributed by atoms with Gasteiger partial charge in [0, 0.05) is 43.7 Å². The van der Waals surface area contributed by atoms with E-state index < -0.39 is 11.0 Å². The lowest BCUT2D eigenvalue weighted by Crippen LogP contribution is -2.48. The van der Waals surface area contributed by atoms with E-state index in [9.17, 15) is 14.9 Å². The molecule has 1 aromatic heterocycles. The summed E-state index contributed by atoms with van der Waals surface area (Å²) in [5.74, 6) is 0. The number of rotatable bonds is 6. The van der Waals surface area contributed by atoms with E-state index in [-0.39, 0.29) is 17.4 Å². The standard InChI is InChI=1S/C18H23N5O3S/c1-21-8-10-22(11-9-21)16(17-7-4-12-27-17)13-19-18(24)20-14-5-2-3-6-15(14)23(25)26/h2-7,12,16H,8-11,13H2,1H3,(H2,19,20,24)/t16-/m0/s1. The highest BCUT2D eigenvalue weighted by Gasteiger charge is 2.25. The number of nitro groups is 1. The molecule has 2 amide bonds. The minimum absolute atomic E-state index is 0.0928. The number of carbonyl (C=O) groups is 1. The number of hydrogen-bond donors (Lipinski definition) is 2. The molecule has 0 bridgehead atoms. The molecule has 27 heavy (non-hydrogen) atoms. The molecule has 144 valence electrons. The van der Waals surface area contributed by atoms with Gasteiger partial charge in [0.2, 0.25) is 0 Å². The topological polar surface area (TPSA) is 90.8 Å². The normalized spacial score (nSPS) is 16.6. The number of para-hydroxylation sites is 2. The van der Waals surface area contributed by atoms with Crippen molar-refractivity contribution in [2.45, 2.75) is 6.04 Å². The van der Waals surface area contributed by atoms with E-state index in [0.717, 1.165) is 26.2 Å². The molecular weight excluding hydrogens is 366 g/mol. The monoisotopic (exact) mass is 389 g/mol. The predicted molar refractivity (Wildman–Crippen MR) is 106 cm³/mol. The van der Waals surface area contributed by atoms with E-state index in [4.69, 9.17) is 0 Å². The van der Waals surface area contributed by atoms with Gasteiger partial charge in [0.1, 0.15) is 5.69 Å². The van der Waals surface area contributed by atoms with E-state index >= 15 is 0 Å². The average molecular weight is 389 g/mol. The molecule has 2 N–H and O–H groups in total. The van der Waals surface area contributed by atoms with Crippen LogP contribution >= 0.6 is 11.3 Å². The molecular formula is C18H23N5O3S. The third-order valence-electron chi connectivity index (χ3n) is 4.66. The van der Waals surface area contributed by atoms with Crippen LogP contribution in [-0.2, 0) is 0 Å². The second-order valence-corrected chi connectivity index (χ2v) is 7.46. The fourth-order valence-corrected chi connectivity index (χ4v) is 3.98. The number of urea groups is 1. The molecule has 0 unspecified atom stereocenters. The summed E-state index contributed by atoms with van der Waals surface area (Å²) in [6.07, 6.45) is 0. The first-order valence-corrected chi connectivity index (χ1v) is 9.67. The summed E-state index contributed by atoms with van der Waals surface area (Å²) in [4.78, 5) is 28.8. The fourth-order valence-electron chi connectivity index (χ4n) is 3.12. The number of benzene rings is 1. The first-order chi connectivity index (χ1) is 13.0. The molecule has 1 saturated heterocycles. The van der Waals surface area contributed by atoms with Gasteiger partial charge in [-0.05, 0) is 24.6 Å². The summed E-state index contributed by atoms with van der Waals surface area (Å²) in [6, 6.07) is 9.85. The van der Waals surface area contributed by atoms with E-state index in [1.54, 1.807) is 23.5 Å². The van der Waals surface area contributed by atoms with Crippen LogP contribution in [0.1, 0.15) is 10.9 Å². The van der Waals surface area contributed by atoms with Crippen LogP contribution in [0.15, 0.2) is 41.8 Å². The molecule has 0 saturated carbocycles. The molecule has 1 atom stereocenters. The number of thiophene rings is 1. The molecule has 2 heterocycles. The van der Waals surface area contributed by atoms with Gasteiger partial charge in [-0.2, -0.15) is 0 Å². The van der Waals surface area contributed by atoms with E-state index in [2.05, 4.69) is 33.5 Å². The van der Waals surface area contributed by atoms with Crippen LogP contribution in [0.2, 0.25) is 0 Å². The summed E-state index contributed by atoms with van der Waals surface area (Å²) in [5, 5.41) is 18.6. The zero-order valence-corrected chi connectivity index (χ0v) is 15.9. The molecule has 1 aliphatic rings.